The maximum atomic E-state index is 11.0. The topological polar surface area (TPSA) is 35.5 Å². The minimum absolute atomic E-state index is 0.508. The summed E-state index contributed by atoms with van der Waals surface area (Å²) in [6, 6.07) is 0. The molecule has 10 heavy (non-hydrogen) atoms. The molecular weight excluding hydrogens is 210 g/mol. The number of hydrogen-bond acceptors (Lipinski definition) is 3. The Morgan fingerprint density at radius 1 is 0.900 bits per heavy atom. The summed E-state index contributed by atoms with van der Waals surface area (Å²) < 4.78 is 74.7. The first-order chi connectivity index (χ1) is 3.84. The molecule has 0 aromatic rings. The third-order valence-electron chi connectivity index (χ3n) is 0.359. The number of halogens is 6. The Morgan fingerprint density at radius 3 is 1.10 bits per heavy atom. The van der Waals surface area contributed by atoms with Gasteiger partial charge in [-0.1, -0.05) is 0 Å². The summed E-state index contributed by atoms with van der Waals surface area (Å²) in [4.78, 5) is 0. The molecule has 0 aromatic carbocycles. The first-order valence-corrected chi connectivity index (χ1v) is 5.95. The molecule has 0 aliphatic carbocycles. The van der Waals surface area contributed by atoms with Crippen LogP contribution in [0, 0.1) is 0 Å². The van der Waals surface area contributed by atoms with Crippen LogP contribution in [0.2, 0.25) is 0 Å². The molecule has 0 fully saturated rings. The van der Waals surface area contributed by atoms with Gasteiger partial charge in [-0.05, 0) is 0 Å². The maximum absolute atomic E-state index is 12.4. The predicted molar refractivity (Wildman–Crippen MR) is 9.50 cm³/mol. The van der Waals surface area contributed by atoms with E-state index in [0.717, 1.165) is 0 Å². The number of rotatable bonds is 2. The van der Waals surface area contributed by atoms with E-state index in [0.29, 0.717) is 7.05 Å². The van der Waals surface area contributed by atoms with Gasteiger partial charge in [0.1, 0.15) is 0 Å². The summed E-state index contributed by atoms with van der Waals surface area (Å²) in [6.07, 6.45) is 0. The van der Waals surface area contributed by atoms with Crippen molar-refractivity contribution in [1.82, 2.24) is 0 Å². The van der Waals surface area contributed by atoms with Crippen LogP contribution in [0.1, 0.15) is 0 Å². The molecule has 0 spiro atoms. The van der Waals surface area contributed by atoms with Gasteiger partial charge in [0.25, 0.3) is 0 Å². The molecule has 0 heterocycles. The van der Waals surface area contributed by atoms with Crippen molar-refractivity contribution in [3.05, 3.63) is 0 Å². The van der Waals surface area contributed by atoms with E-state index < -0.39 is 15.6 Å². The Labute approximate surface area is 48.2 Å². The molecule has 0 N–H and O–H groups in total. The fourth-order valence-corrected chi connectivity index (χ4v) is 0.0491. The zero-order valence-corrected chi connectivity index (χ0v) is 5.55. The van der Waals surface area contributed by atoms with E-state index in [9.17, 15) is 21.4 Å². The fraction of sp³-hybridized carbons (Fsp3) is 0. The Bertz CT molecular complexity index is 234. The quantitative estimate of drug-likeness (QED) is 0.517. The minimum atomic E-state index is -12.4. The second-order valence-corrected chi connectivity index (χ2v) is 7.25. The summed E-state index contributed by atoms with van der Waals surface area (Å²) in [7, 11) is 0. The van der Waals surface area contributed by atoms with E-state index in [1.54, 1.807) is 0 Å². The SMILES string of the molecule is [O]=[Ti]([F])([F])([F])([F])([O]F)[O]F. The van der Waals surface area contributed by atoms with Crippen molar-refractivity contribution in [3.8, 4) is 0 Å². The van der Waals surface area contributed by atoms with Gasteiger partial charge in [0, 0.05) is 0 Å². The second-order valence-electron chi connectivity index (χ2n) is 1.76. The van der Waals surface area contributed by atoms with Crippen LogP contribution in [0.3, 0.4) is 0 Å². The predicted octanol–water partition coefficient (Wildman–Crippen LogP) is 2.26. The number of hydrogen-bond donors (Lipinski definition) is 0. The van der Waals surface area contributed by atoms with E-state index in [1.165, 1.54) is 0 Å². The van der Waals surface area contributed by atoms with Crippen LogP contribution in [-0.4, -0.2) is 0 Å². The summed E-state index contributed by atoms with van der Waals surface area (Å²) in [5.41, 5.74) is 0. The molecule has 0 radical (unpaired) electrons. The van der Waals surface area contributed by atoms with Gasteiger partial charge in [0.2, 0.25) is 0 Å². The standard InChI is InChI=1S/2FO.4FH.O.Ti/c2*1-2;;;;;;/h;;4*1H;;/q2*-1;;;;;;+6/p-4. The van der Waals surface area contributed by atoms with Gasteiger partial charge in [-0.3, -0.25) is 0 Å². The first-order valence-electron chi connectivity index (χ1n) is 1.68. The third-order valence-corrected chi connectivity index (χ3v) is 1.48. The Balaban J connectivity index is 5.58. The van der Waals surface area contributed by atoms with Crippen LogP contribution < -0.4 is 0 Å². The van der Waals surface area contributed by atoms with Gasteiger partial charge in [0.15, 0.2) is 0 Å². The normalized spacial score (nSPS) is 24.0. The van der Waals surface area contributed by atoms with Crippen molar-refractivity contribution in [3.63, 3.8) is 0 Å². The van der Waals surface area contributed by atoms with E-state index in [2.05, 4.69) is 0 Å². The van der Waals surface area contributed by atoms with Crippen molar-refractivity contribution in [2.75, 3.05) is 0 Å². The van der Waals surface area contributed by atoms with Crippen LogP contribution in [0.25, 0.3) is 0 Å². The molecule has 0 bridgehead atoms. The summed E-state index contributed by atoms with van der Waals surface area (Å²) in [6.45, 7) is 0. The molecule has 10 heteroatoms. The molecule has 3 nitrogen and oxygen atoms in total. The van der Waals surface area contributed by atoms with Crippen molar-refractivity contribution in [2.24, 2.45) is 0 Å². The molecule has 0 saturated heterocycles. The Kier molecular flexibility index (Phi) is 1.09. The van der Waals surface area contributed by atoms with E-state index in [-0.39, 0.29) is 0 Å². The van der Waals surface area contributed by atoms with Gasteiger partial charge in [-0.2, -0.15) is 0 Å². The zero-order valence-electron chi connectivity index (χ0n) is 3.99. The molecule has 0 aromatic heterocycles. The van der Waals surface area contributed by atoms with Crippen LogP contribution in [-0.2, 0) is 26.0 Å². The van der Waals surface area contributed by atoms with Gasteiger partial charge < -0.3 is 0 Å². The van der Waals surface area contributed by atoms with Crippen molar-refractivity contribution < 1.29 is 47.4 Å². The average Bonchev–Trinajstić information content (AvgIpc) is 1.66. The van der Waals surface area contributed by atoms with Crippen LogP contribution in [0.4, 0.5) is 21.4 Å². The molecule has 0 unspecified atom stereocenters. The molecule has 0 atom stereocenters. The molecule has 0 aliphatic rings. The molecule has 64 valence electrons. The summed E-state index contributed by atoms with van der Waals surface area (Å²) in [5, 5.41) is 0. The monoisotopic (exact) mass is 210 g/mol. The first kappa shape index (κ1) is 10.0. The van der Waals surface area contributed by atoms with Crippen LogP contribution >= 0.6 is 0 Å². The van der Waals surface area contributed by atoms with Crippen molar-refractivity contribution >= 4 is 0 Å². The molecule has 0 amide bonds. The van der Waals surface area contributed by atoms with E-state index in [1.807, 2.05) is 0 Å². The van der Waals surface area contributed by atoms with Crippen LogP contribution in [0.15, 0.2) is 0 Å². The molecular formula is F6O3Ti. The Morgan fingerprint density at radius 2 is 1.10 bits per heavy atom. The third kappa shape index (κ3) is 2.73. The van der Waals surface area contributed by atoms with Gasteiger partial charge in [-0.15, -0.1) is 0 Å². The van der Waals surface area contributed by atoms with E-state index in [4.69, 9.17) is 3.32 Å². The zero-order chi connectivity index (χ0) is 8.79. The summed E-state index contributed by atoms with van der Waals surface area (Å²) >= 11 is -12.4. The molecule has 0 rings (SSSR count). The van der Waals surface area contributed by atoms with Crippen molar-refractivity contribution in [2.45, 2.75) is 0 Å². The van der Waals surface area contributed by atoms with Crippen molar-refractivity contribution in [1.29, 1.82) is 0 Å². The van der Waals surface area contributed by atoms with E-state index >= 15 is 0 Å². The fourth-order valence-electron chi connectivity index (χ4n) is 0.0119. The van der Waals surface area contributed by atoms with Gasteiger partial charge in [0.05, 0.1) is 0 Å². The summed E-state index contributed by atoms with van der Waals surface area (Å²) in [5.74, 6) is 0. The Hall–Kier alpha value is 0.0143. The van der Waals surface area contributed by atoms with Gasteiger partial charge >= 0.3 is 47.4 Å². The molecule has 0 saturated carbocycles. The van der Waals surface area contributed by atoms with Crippen LogP contribution in [0.5, 0.6) is 0 Å². The van der Waals surface area contributed by atoms with Gasteiger partial charge in [-0.25, -0.2) is 0 Å². The second kappa shape index (κ2) is 1.09. The average molecular weight is 210 g/mol. The molecule has 0 aliphatic heterocycles.